The molecule has 1 aromatic carbocycles. The van der Waals surface area contributed by atoms with Crippen molar-refractivity contribution in [2.45, 2.75) is 6.92 Å². The zero-order valence-electron chi connectivity index (χ0n) is 9.82. The van der Waals surface area contributed by atoms with Gasteiger partial charge in [0.15, 0.2) is 17.3 Å². The van der Waals surface area contributed by atoms with Crippen LogP contribution in [0.2, 0.25) is 10.3 Å². The van der Waals surface area contributed by atoms with Crippen LogP contribution in [-0.2, 0) is 0 Å². The summed E-state index contributed by atoms with van der Waals surface area (Å²) in [4.78, 5) is 12.1. The fourth-order valence-corrected chi connectivity index (χ4v) is 1.96. The third-order valence-electron chi connectivity index (χ3n) is 2.47. The van der Waals surface area contributed by atoms with E-state index in [1.54, 1.807) is 6.92 Å². The third-order valence-corrected chi connectivity index (χ3v) is 2.93. The molecule has 7 heteroatoms. The van der Waals surface area contributed by atoms with E-state index in [-0.39, 0.29) is 5.28 Å². The second kappa shape index (κ2) is 4.68. The van der Waals surface area contributed by atoms with Crippen LogP contribution in [-0.4, -0.2) is 15.0 Å². The molecule has 0 saturated carbocycles. The number of benzene rings is 1. The van der Waals surface area contributed by atoms with Crippen molar-refractivity contribution >= 4 is 45.8 Å². The van der Waals surface area contributed by atoms with E-state index in [1.165, 1.54) is 6.20 Å². The second-order valence-electron chi connectivity index (χ2n) is 3.88. The molecule has 0 aliphatic heterocycles. The van der Waals surface area contributed by atoms with Gasteiger partial charge in [0.1, 0.15) is 10.5 Å². The maximum atomic E-state index is 5.99. The van der Waals surface area contributed by atoms with Crippen LogP contribution in [0.25, 0.3) is 11.1 Å². The van der Waals surface area contributed by atoms with Gasteiger partial charge in [-0.25, -0.2) is 9.97 Å². The first-order valence-corrected chi connectivity index (χ1v) is 6.20. The minimum Gasteiger partial charge on any atom is -0.441 e. The van der Waals surface area contributed by atoms with E-state index in [4.69, 9.17) is 27.6 Å². The highest BCUT2D eigenvalue weighted by molar-refractivity contribution is 6.33. The lowest BCUT2D eigenvalue weighted by Crippen LogP contribution is -1.96. The van der Waals surface area contributed by atoms with E-state index >= 15 is 0 Å². The molecule has 0 spiro atoms. The predicted molar refractivity (Wildman–Crippen MR) is 74.1 cm³/mol. The molecule has 0 unspecified atom stereocenters. The molecule has 0 bridgehead atoms. The summed E-state index contributed by atoms with van der Waals surface area (Å²) in [6.45, 7) is 1.80. The standard InChI is InChI=1S/C12H8Cl2N4O/c1-6-16-9-4-7(2-3-10(9)19-6)17-11-8(13)5-15-12(14)18-11/h2-5H,1H3,(H,15,17,18). The fourth-order valence-electron chi connectivity index (χ4n) is 1.69. The topological polar surface area (TPSA) is 63.8 Å². The first-order valence-electron chi connectivity index (χ1n) is 5.44. The molecular formula is C12H8Cl2N4O. The van der Waals surface area contributed by atoms with Gasteiger partial charge in [-0.05, 0) is 29.8 Å². The van der Waals surface area contributed by atoms with E-state index in [2.05, 4.69) is 20.3 Å². The lowest BCUT2D eigenvalue weighted by atomic mass is 10.3. The van der Waals surface area contributed by atoms with Crippen LogP contribution in [0.1, 0.15) is 5.89 Å². The molecule has 0 atom stereocenters. The Kier molecular flexibility index (Phi) is 3.00. The molecular weight excluding hydrogens is 287 g/mol. The van der Waals surface area contributed by atoms with Gasteiger partial charge in [0.25, 0.3) is 0 Å². The first-order chi connectivity index (χ1) is 9.11. The highest BCUT2D eigenvalue weighted by Crippen LogP contribution is 2.26. The number of hydrogen-bond acceptors (Lipinski definition) is 5. The quantitative estimate of drug-likeness (QED) is 0.724. The Bertz CT molecular complexity index is 757. The fraction of sp³-hybridized carbons (Fsp3) is 0.0833. The van der Waals surface area contributed by atoms with Crippen molar-refractivity contribution in [1.82, 2.24) is 15.0 Å². The van der Waals surface area contributed by atoms with Gasteiger partial charge in [-0.3, -0.25) is 0 Å². The maximum Gasteiger partial charge on any atom is 0.224 e. The Balaban J connectivity index is 1.98. The number of anilines is 2. The summed E-state index contributed by atoms with van der Waals surface area (Å²) in [7, 11) is 0. The molecule has 2 aromatic heterocycles. The summed E-state index contributed by atoms with van der Waals surface area (Å²) in [5.41, 5.74) is 2.28. The predicted octanol–water partition coefficient (Wildman–Crippen LogP) is 3.98. The number of hydrogen-bond donors (Lipinski definition) is 1. The van der Waals surface area contributed by atoms with E-state index in [1.807, 2.05) is 18.2 Å². The number of nitrogens with one attached hydrogen (secondary N) is 1. The largest absolute Gasteiger partial charge is 0.441 e. The van der Waals surface area contributed by atoms with Crippen LogP contribution in [0.4, 0.5) is 11.5 Å². The number of oxazole rings is 1. The maximum absolute atomic E-state index is 5.99. The Labute approximate surface area is 118 Å². The van der Waals surface area contributed by atoms with Gasteiger partial charge in [-0.2, -0.15) is 4.98 Å². The third kappa shape index (κ3) is 2.47. The Morgan fingerprint density at radius 3 is 2.89 bits per heavy atom. The number of fused-ring (bicyclic) bond motifs is 1. The lowest BCUT2D eigenvalue weighted by Gasteiger charge is -2.06. The number of aryl methyl sites for hydroxylation is 1. The van der Waals surface area contributed by atoms with Crippen LogP contribution in [0.5, 0.6) is 0 Å². The van der Waals surface area contributed by atoms with Crippen molar-refractivity contribution in [3.8, 4) is 0 Å². The van der Waals surface area contributed by atoms with Crippen molar-refractivity contribution in [3.05, 3.63) is 40.6 Å². The van der Waals surface area contributed by atoms with Crippen molar-refractivity contribution in [2.24, 2.45) is 0 Å². The van der Waals surface area contributed by atoms with Crippen molar-refractivity contribution < 1.29 is 4.42 Å². The molecule has 0 fully saturated rings. The highest BCUT2D eigenvalue weighted by Gasteiger charge is 2.07. The molecule has 3 aromatic rings. The highest BCUT2D eigenvalue weighted by atomic mass is 35.5. The molecule has 5 nitrogen and oxygen atoms in total. The molecule has 2 heterocycles. The molecule has 96 valence electrons. The molecule has 1 N–H and O–H groups in total. The minimum atomic E-state index is 0.130. The molecule has 3 rings (SSSR count). The van der Waals surface area contributed by atoms with Crippen LogP contribution in [0.15, 0.2) is 28.8 Å². The average Bonchev–Trinajstić information content (AvgIpc) is 2.73. The molecule has 0 saturated heterocycles. The summed E-state index contributed by atoms with van der Waals surface area (Å²) in [5, 5.41) is 3.58. The van der Waals surface area contributed by atoms with Gasteiger partial charge in [-0.1, -0.05) is 11.6 Å². The number of rotatable bonds is 2. The van der Waals surface area contributed by atoms with E-state index in [0.717, 1.165) is 16.8 Å². The summed E-state index contributed by atoms with van der Waals surface area (Å²) in [6.07, 6.45) is 1.44. The van der Waals surface area contributed by atoms with E-state index in [9.17, 15) is 0 Å². The summed E-state index contributed by atoms with van der Waals surface area (Å²) in [5.74, 6) is 1.07. The summed E-state index contributed by atoms with van der Waals surface area (Å²) in [6, 6.07) is 5.52. The molecule has 0 amide bonds. The van der Waals surface area contributed by atoms with Gasteiger partial charge in [0.2, 0.25) is 5.28 Å². The Morgan fingerprint density at radius 2 is 2.05 bits per heavy atom. The average molecular weight is 295 g/mol. The van der Waals surface area contributed by atoms with Gasteiger partial charge >= 0.3 is 0 Å². The van der Waals surface area contributed by atoms with E-state index < -0.39 is 0 Å². The molecule has 0 aliphatic rings. The summed E-state index contributed by atoms with van der Waals surface area (Å²) >= 11 is 11.7. The monoisotopic (exact) mass is 294 g/mol. The second-order valence-corrected chi connectivity index (χ2v) is 4.62. The SMILES string of the molecule is Cc1nc2cc(Nc3nc(Cl)ncc3Cl)ccc2o1. The van der Waals surface area contributed by atoms with Crippen LogP contribution in [0.3, 0.4) is 0 Å². The lowest BCUT2D eigenvalue weighted by molar-refractivity contribution is 0.561. The van der Waals surface area contributed by atoms with Crippen molar-refractivity contribution in [3.63, 3.8) is 0 Å². The number of nitrogens with zero attached hydrogens (tertiary/aromatic N) is 3. The van der Waals surface area contributed by atoms with Crippen molar-refractivity contribution in [2.75, 3.05) is 5.32 Å². The van der Waals surface area contributed by atoms with Crippen LogP contribution < -0.4 is 5.32 Å². The zero-order chi connectivity index (χ0) is 13.4. The van der Waals surface area contributed by atoms with Crippen LogP contribution >= 0.6 is 23.2 Å². The van der Waals surface area contributed by atoms with Gasteiger partial charge in [0.05, 0.1) is 6.20 Å². The Morgan fingerprint density at radius 1 is 1.21 bits per heavy atom. The number of halogens is 2. The molecule has 0 aliphatic carbocycles. The van der Waals surface area contributed by atoms with Crippen LogP contribution in [0, 0.1) is 6.92 Å². The Hall–Kier alpha value is -1.85. The molecule has 19 heavy (non-hydrogen) atoms. The zero-order valence-corrected chi connectivity index (χ0v) is 11.3. The normalized spacial score (nSPS) is 10.9. The first kappa shape index (κ1) is 12.2. The van der Waals surface area contributed by atoms with Crippen molar-refractivity contribution in [1.29, 1.82) is 0 Å². The number of aromatic nitrogens is 3. The molecule has 0 radical (unpaired) electrons. The minimum absolute atomic E-state index is 0.130. The van der Waals surface area contributed by atoms with Gasteiger partial charge in [-0.15, -0.1) is 0 Å². The van der Waals surface area contributed by atoms with Gasteiger partial charge < -0.3 is 9.73 Å². The summed E-state index contributed by atoms with van der Waals surface area (Å²) < 4.78 is 5.40. The van der Waals surface area contributed by atoms with E-state index in [0.29, 0.717) is 16.7 Å². The smallest absolute Gasteiger partial charge is 0.224 e. The van der Waals surface area contributed by atoms with Gasteiger partial charge in [0, 0.05) is 12.6 Å².